The van der Waals surface area contributed by atoms with Crippen LogP contribution in [0.15, 0.2) is 48.7 Å². The number of benzene rings is 2. The Morgan fingerprint density at radius 3 is 2.54 bits per heavy atom. The molecule has 1 fully saturated rings. The van der Waals surface area contributed by atoms with Crippen LogP contribution in [-0.2, 0) is 7.05 Å². The quantitative estimate of drug-likeness (QED) is 0.651. The van der Waals surface area contributed by atoms with E-state index >= 15 is 0 Å². The van der Waals surface area contributed by atoms with Gasteiger partial charge in [0.1, 0.15) is 0 Å². The van der Waals surface area contributed by atoms with Crippen LogP contribution in [0.2, 0.25) is 0 Å². The fraction of sp³-hybridized carbons (Fsp3) is 0.318. The second-order valence-corrected chi connectivity index (χ2v) is 7.28. The maximum Gasteiger partial charge on any atom is 0.259 e. The number of nitrogens with zero attached hydrogens (tertiary/aromatic N) is 2. The van der Waals surface area contributed by atoms with Gasteiger partial charge in [0.15, 0.2) is 0 Å². The smallest absolute Gasteiger partial charge is 0.259 e. The molecule has 1 aromatic heterocycles. The van der Waals surface area contributed by atoms with Crippen molar-refractivity contribution in [3.8, 4) is 0 Å². The molecule has 3 aromatic rings. The zero-order chi connectivity index (χ0) is 18.4. The SMILES string of the molecule is Cc1cn(C)c(F)c1C(=O)N(C1CC1)C(C)c1cccc2ccccc12. The van der Waals surface area contributed by atoms with E-state index in [1.54, 1.807) is 20.2 Å². The lowest BCUT2D eigenvalue weighted by molar-refractivity contribution is 0.0669. The molecule has 26 heavy (non-hydrogen) atoms. The Morgan fingerprint density at radius 1 is 1.19 bits per heavy atom. The van der Waals surface area contributed by atoms with E-state index in [1.165, 1.54) is 4.57 Å². The molecule has 1 amide bonds. The number of hydrogen-bond donors (Lipinski definition) is 0. The zero-order valence-corrected chi connectivity index (χ0v) is 15.4. The normalized spacial score (nSPS) is 15.2. The van der Waals surface area contributed by atoms with Crippen LogP contribution in [0.3, 0.4) is 0 Å². The number of fused-ring (bicyclic) bond motifs is 1. The van der Waals surface area contributed by atoms with Gasteiger partial charge in [-0.15, -0.1) is 0 Å². The molecule has 1 atom stereocenters. The van der Waals surface area contributed by atoms with Crippen molar-refractivity contribution < 1.29 is 9.18 Å². The van der Waals surface area contributed by atoms with E-state index in [9.17, 15) is 9.18 Å². The molecule has 1 aliphatic carbocycles. The minimum absolute atomic E-state index is 0.111. The lowest BCUT2D eigenvalue weighted by Crippen LogP contribution is -2.36. The fourth-order valence-corrected chi connectivity index (χ4v) is 3.91. The van der Waals surface area contributed by atoms with Gasteiger partial charge in [-0.25, -0.2) is 0 Å². The number of carbonyl (C=O) groups excluding carboxylic acids is 1. The summed E-state index contributed by atoms with van der Waals surface area (Å²) in [7, 11) is 1.63. The molecule has 4 heteroatoms. The maximum atomic E-state index is 14.6. The van der Waals surface area contributed by atoms with E-state index in [0.29, 0.717) is 5.56 Å². The van der Waals surface area contributed by atoms with Crippen molar-refractivity contribution in [3.63, 3.8) is 0 Å². The predicted molar refractivity (Wildman–Crippen MR) is 102 cm³/mol. The molecule has 1 heterocycles. The van der Waals surface area contributed by atoms with Gasteiger partial charge in [0.25, 0.3) is 5.91 Å². The number of halogens is 1. The first-order valence-electron chi connectivity index (χ1n) is 9.10. The molecular weight excluding hydrogens is 327 g/mol. The van der Waals surface area contributed by atoms with E-state index in [0.717, 1.165) is 29.2 Å². The Morgan fingerprint density at radius 2 is 1.88 bits per heavy atom. The number of aromatic nitrogens is 1. The number of aryl methyl sites for hydroxylation is 2. The van der Waals surface area contributed by atoms with Crippen molar-refractivity contribution in [2.75, 3.05) is 0 Å². The fourth-order valence-electron chi connectivity index (χ4n) is 3.91. The van der Waals surface area contributed by atoms with Gasteiger partial charge in [0.2, 0.25) is 5.95 Å². The molecule has 134 valence electrons. The molecule has 0 N–H and O–H groups in total. The summed E-state index contributed by atoms with van der Waals surface area (Å²) in [6.07, 6.45) is 3.64. The third-order valence-electron chi connectivity index (χ3n) is 5.38. The first kappa shape index (κ1) is 16.8. The third kappa shape index (κ3) is 2.70. The zero-order valence-electron chi connectivity index (χ0n) is 15.4. The maximum absolute atomic E-state index is 14.6. The average Bonchev–Trinajstić information content (AvgIpc) is 3.42. The van der Waals surface area contributed by atoms with Gasteiger partial charge in [0.05, 0.1) is 11.6 Å². The molecule has 1 saturated carbocycles. The van der Waals surface area contributed by atoms with Crippen LogP contribution in [0.5, 0.6) is 0 Å². The Hall–Kier alpha value is -2.62. The highest BCUT2D eigenvalue weighted by Crippen LogP contribution is 2.38. The van der Waals surface area contributed by atoms with Crippen molar-refractivity contribution in [2.45, 2.75) is 38.8 Å². The van der Waals surface area contributed by atoms with Gasteiger partial charge in [-0.2, -0.15) is 4.39 Å². The van der Waals surface area contributed by atoms with Crippen LogP contribution < -0.4 is 0 Å². The second kappa shape index (κ2) is 6.27. The summed E-state index contributed by atoms with van der Waals surface area (Å²) in [6.45, 7) is 3.85. The molecular formula is C22H23FN2O. The van der Waals surface area contributed by atoms with Gasteiger partial charge in [-0.3, -0.25) is 4.79 Å². The largest absolute Gasteiger partial charge is 0.329 e. The van der Waals surface area contributed by atoms with Crippen molar-refractivity contribution in [3.05, 3.63) is 71.3 Å². The van der Waals surface area contributed by atoms with E-state index in [2.05, 4.69) is 24.3 Å². The molecule has 3 nitrogen and oxygen atoms in total. The monoisotopic (exact) mass is 350 g/mol. The van der Waals surface area contributed by atoms with Crippen molar-refractivity contribution in [2.24, 2.45) is 7.05 Å². The summed E-state index contributed by atoms with van der Waals surface area (Å²) in [5.74, 6) is -0.660. The Bertz CT molecular complexity index is 982. The van der Waals surface area contributed by atoms with E-state index in [4.69, 9.17) is 0 Å². The van der Waals surface area contributed by atoms with Crippen LogP contribution in [0, 0.1) is 12.9 Å². The number of hydrogen-bond acceptors (Lipinski definition) is 1. The summed E-state index contributed by atoms with van der Waals surface area (Å²) in [6, 6.07) is 14.5. The average molecular weight is 350 g/mol. The van der Waals surface area contributed by atoms with Crippen LogP contribution in [0.1, 0.15) is 47.3 Å². The summed E-state index contributed by atoms with van der Waals surface area (Å²) < 4.78 is 15.9. The molecule has 0 spiro atoms. The third-order valence-corrected chi connectivity index (χ3v) is 5.38. The highest BCUT2D eigenvalue weighted by atomic mass is 19.1. The van der Waals surface area contributed by atoms with E-state index < -0.39 is 5.95 Å². The highest BCUT2D eigenvalue weighted by molar-refractivity contribution is 5.97. The van der Waals surface area contributed by atoms with Gasteiger partial charge in [-0.1, -0.05) is 42.5 Å². The van der Waals surface area contributed by atoms with Crippen LogP contribution in [0.25, 0.3) is 10.8 Å². The van der Waals surface area contributed by atoms with Crippen LogP contribution in [0.4, 0.5) is 4.39 Å². The predicted octanol–water partition coefficient (Wildman–Crippen LogP) is 4.99. The molecule has 0 aliphatic heterocycles. The van der Waals surface area contributed by atoms with Crippen LogP contribution >= 0.6 is 0 Å². The summed E-state index contributed by atoms with van der Waals surface area (Å²) >= 11 is 0. The Labute approximate surface area is 153 Å². The van der Waals surface area contributed by atoms with Crippen molar-refractivity contribution >= 4 is 16.7 Å². The second-order valence-electron chi connectivity index (χ2n) is 7.28. The number of amides is 1. The van der Waals surface area contributed by atoms with Gasteiger partial charge in [-0.05, 0) is 48.6 Å². The van der Waals surface area contributed by atoms with Gasteiger partial charge >= 0.3 is 0 Å². The summed E-state index contributed by atoms with van der Waals surface area (Å²) in [5.41, 5.74) is 1.99. The van der Waals surface area contributed by atoms with Crippen LogP contribution in [-0.4, -0.2) is 21.4 Å². The van der Waals surface area contributed by atoms with Crippen molar-refractivity contribution in [1.29, 1.82) is 0 Å². The standard InChI is InChI=1S/C22H23FN2O/c1-14-13-24(3)21(23)20(14)22(26)25(17-11-12-17)15(2)18-10-6-8-16-7-4-5-9-19(16)18/h4-10,13,15,17H,11-12H2,1-3H3. The molecule has 0 bridgehead atoms. The van der Waals surface area contributed by atoms with Gasteiger partial charge < -0.3 is 9.47 Å². The number of carbonyl (C=O) groups is 1. The highest BCUT2D eigenvalue weighted by Gasteiger charge is 2.39. The first-order valence-corrected chi connectivity index (χ1v) is 9.10. The Balaban J connectivity index is 1.78. The lowest BCUT2D eigenvalue weighted by atomic mass is 9.98. The Kier molecular flexibility index (Phi) is 4.06. The number of rotatable bonds is 4. The summed E-state index contributed by atoms with van der Waals surface area (Å²) in [4.78, 5) is 15.2. The molecule has 4 rings (SSSR count). The summed E-state index contributed by atoms with van der Waals surface area (Å²) in [5, 5.41) is 2.30. The molecule has 2 aromatic carbocycles. The first-order chi connectivity index (χ1) is 12.5. The van der Waals surface area contributed by atoms with E-state index in [1.807, 2.05) is 30.0 Å². The van der Waals surface area contributed by atoms with Crippen molar-refractivity contribution in [1.82, 2.24) is 9.47 Å². The molecule has 0 saturated heterocycles. The minimum Gasteiger partial charge on any atom is -0.329 e. The molecule has 0 radical (unpaired) electrons. The molecule has 1 unspecified atom stereocenters. The molecule has 1 aliphatic rings. The van der Waals surface area contributed by atoms with Gasteiger partial charge in [0, 0.05) is 19.3 Å². The minimum atomic E-state index is -0.455. The van der Waals surface area contributed by atoms with E-state index in [-0.39, 0.29) is 23.6 Å². The topological polar surface area (TPSA) is 25.2 Å². The lowest BCUT2D eigenvalue weighted by Gasteiger charge is -2.30.